The smallest absolute Gasteiger partial charge is 0.244 e. The number of carbonyl (C=O) groups is 1. The van der Waals surface area contributed by atoms with Crippen LogP contribution in [0, 0.1) is 11.6 Å². The molecule has 1 aromatic carbocycles. The number of aromatic nitrogens is 1. The normalized spacial score (nSPS) is 10.3. The molecule has 2 aromatic rings. The zero-order valence-corrected chi connectivity index (χ0v) is 10.8. The second-order valence-electron chi connectivity index (χ2n) is 3.99. The molecule has 0 aliphatic heterocycles. The van der Waals surface area contributed by atoms with Gasteiger partial charge in [0.1, 0.15) is 23.3 Å². The van der Waals surface area contributed by atoms with Crippen LogP contribution in [0.15, 0.2) is 41.3 Å². The monoisotopic (exact) mass is 298 g/mol. The minimum absolute atomic E-state index is 0.0763. The van der Waals surface area contributed by atoms with Gasteiger partial charge in [-0.25, -0.2) is 8.78 Å². The number of halogens is 3. The minimum Gasteiger partial charge on any atom is -0.329 e. The molecule has 1 heterocycles. The molecule has 0 saturated heterocycles. The van der Waals surface area contributed by atoms with Crippen molar-refractivity contribution in [2.75, 3.05) is 5.32 Å². The number of rotatable bonds is 3. The fourth-order valence-corrected chi connectivity index (χ4v) is 1.77. The lowest BCUT2D eigenvalue weighted by atomic mass is 10.3. The molecule has 4 nitrogen and oxygen atoms in total. The van der Waals surface area contributed by atoms with Crippen LogP contribution in [-0.2, 0) is 11.3 Å². The highest BCUT2D eigenvalue weighted by Gasteiger charge is 2.09. The number of pyridine rings is 1. The topological polar surface area (TPSA) is 51.1 Å². The first-order chi connectivity index (χ1) is 9.45. The SMILES string of the molecule is O=C(Cn1ccc(=O)cc1Cl)Nc1cc(F)ccc1F. The van der Waals surface area contributed by atoms with E-state index >= 15 is 0 Å². The van der Waals surface area contributed by atoms with Gasteiger partial charge in [-0.05, 0) is 12.1 Å². The average molecular weight is 299 g/mol. The summed E-state index contributed by atoms with van der Waals surface area (Å²) in [6.07, 6.45) is 1.34. The Bertz CT molecular complexity index is 716. The molecule has 0 spiro atoms. The summed E-state index contributed by atoms with van der Waals surface area (Å²) in [6, 6.07) is 5.13. The van der Waals surface area contributed by atoms with Crippen LogP contribution >= 0.6 is 11.6 Å². The van der Waals surface area contributed by atoms with Gasteiger partial charge in [0.15, 0.2) is 5.43 Å². The molecule has 2 rings (SSSR count). The highest BCUT2D eigenvalue weighted by molar-refractivity contribution is 6.29. The molecule has 0 fully saturated rings. The first-order valence-electron chi connectivity index (χ1n) is 5.56. The van der Waals surface area contributed by atoms with Crippen molar-refractivity contribution >= 4 is 23.2 Å². The van der Waals surface area contributed by atoms with Crippen molar-refractivity contribution in [1.82, 2.24) is 4.57 Å². The largest absolute Gasteiger partial charge is 0.329 e. The van der Waals surface area contributed by atoms with Crippen molar-refractivity contribution in [2.24, 2.45) is 0 Å². The molecular weight excluding hydrogens is 290 g/mol. The zero-order valence-electron chi connectivity index (χ0n) is 10.1. The fourth-order valence-electron chi connectivity index (χ4n) is 1.55. The van der Waals surface area contributed by atoms with E-state index < -0.39 is 17.5 Å². The summed E-state index contributed by atoms with van der Waals surface area (Å²) in [5, 5.41) is 2.31. The maximum atomic E-state index is 13.3. The number of nitrogens with one attached hydrogen (secondary N) is 1. The van der Waals surface area contributed by atoms with Crippen LogP contribution in [0.5, 0.6) is 0 Å². The second kappa shape index (κ2) is 5.83. The van der Waals surface area contributed by atoms with Gasteiger partial charge in [-0.2, -0.15) is 0 Å². The van der Waals surface area contributed by atoms with Gasteiger partial charge >= 0.3 is 0 Å². The van der Waals surface area contributed by atoms with Gasteiger partial charge < -0.3 is 9.88 Å². The lowest BCUT2D eigenvalue weighted by Gasteiger charge is -2.10. The van der Waals surface area contributed by atoms with Gasteiger partial charge in [0.05, 0.1) is 5.69 Å². The van der Waals surface area contributed by atoms with Crippen LogP contribution in [0.2, 0.25) is 5.15 Å². The van der Waals surface area contributed by atoms with E-state index in [1.807, 2.05) is 0 Å². The maximum Gasteiger partial charge on any atom is 0.244 e. The van der Waals surface area contributed by atoms with E-state index in [1.165, 1.54) is 16.8 Å². The van der Waals surface area contributed by atoms with Crippen LogP contribution in [0.25, 0.3) is 0 Å². The Morgan fingerprint density at radius 2 is 2.00 bits per heavy atom. The molecule has 104 valence electrons. The van der Waals surface area contributed by atoms with Gasteiger partial charge in [-0.1, -0.05) is 11.6 Å². The lowest BCUT2D eigenvalue weighted by Crippen LogP contribution is -2.20. The molecule has 0 atom stereocenters. The first kappa shape index (κ1) is 14.2. The van der Waals surface area contributed by atoms with Gasteiger partial charge in [-0.15, -0.1) is 0 Å². The highest BCUT2D eigenvalue weighted by Crippen LogP contribution is 2.15. The van der Waals surface area contributed by atoms with Crippen LogP contribution in [0.4, 0.5) is 14.5 Å². The molecule has 0 unspecified atom stereocenters. The number of hydrogen-bond acceptors (Lipinski definition) is 2. The second-order valence-corrected chi connectivity index (χ2v) is 4.37. The van der Waals surface area contributed by atoms with E-state index in [0.717, 1.165) is 24.3 Å². The summed E-state index contributed by atoms with van der Waals surface area (Å²) >= 11 is 5.78. The summed E-state index contributed by atoms with van der Waals surface area (Å²) in [5.41, 5.74) is -0.546. The third-order valence-corrected chi connectivity index (χ3v) is 2.80. The Kier molecular flexibility index (Phi) is 4.14. The number of nitrogens with zero attached hydrogens (tertiary/aromatic N) is 1. The number of anilines is 1. The number of benzene rings is 1. The number of hydrogen-bond donors (Lipinski definition) is 1. The van der Waals surface area contributed by atoms with Crippen LogP contribution in [-0.4, -0.2) is 10.5 Å². The Morgan fingerprint density at radius 3 is 2.70 bits per heavy atom. The van der Waals surface area contributed by atoms with Gasteiger partial charge in [-0.3, -0.25) is 9.59 Å². The minimum atomic E-state index is -0.745. The molecule has 1 N–H and O–H groups in total. The van der Waals surface area contributed by atoms with E-state index in [-0.39, 0.29) is 22.8 Å². The molecule has 7 heteroatoms. The molecule has 0 aliphatic carbocycles. The summed E-state index contributed by atoms with van der Waals surface area (Å²) in [6.45, 7) is -0.227. The zero-order chi connectivity index (χ0) is 14.7. The van der Waals surface area contributed by atoms with Crippen molar-refractivity contribution in [3.05, 3.63) is 63.5 Å². The summed E-state index contributed by atoms with van der Waals surface area (Å²) in [4.78, 5) is 22.7. The standard InChI is InChI=1S/C13H9ClF2N2O2/c14-12-6-9(19)3-4-18(12)7-13(20)17-11-5-8(15)1-2-10(11)16/h1-6H,7H2,(H,17,20). The highest BCUT2D eigenvalue weighted by atomic mass is 35.5. The predicted molar refractivity (Wildman–Crippen MR) is 70.7 cm³/mol. The molecule has 0 bridgehead atoms. The van der Waals surface area contributed by atoms with E-state index in [1.54, 1.807) is 0 Å². The number of amides is 1. The van der Waals surface area contributed by atoms with Gasteiger partial charge in [0.2, 0.25) is 5.91 Å². The molecule has 0 radical (unpaired) electrons. The third kappa shape index (κ3) is 3.42. The first-order valence-corrected chi connectivity index (χ1v) is 5.94. The molecular formula is C13H9ClF2N2O2. The molecule has 1 aromatic heterocycles. The van der Waals surface area contributed by atoms with E-state index in [4.69, 9.17) is 11.6 Å². The van der Waals surface area contributed by atoms with Gasteiger partial charge in [0, 0.05) is 24.4 Å². The quantitative estimate of drug-likeness (QED) is 0.885. The number of carbonyl (C=O) groups excluding carboxylic acids is 1. The Morgan fingerprint density at radius 1 is 1.25 bits per heavy atom. The van der Waals surface area contributed by atoms with Crippen LogP contribution in [0.1, 0.15) is 0 Å². The van der Waals surface area contributed by atoms with E-state index in [2.05, 4.69) is 5.32 Å². The predicted octanol–water partition coefficient (Wildman–Crippen LogP) is 2.42. The Hall–Kier alpha value is -2.21. The average Bonchev–Trinajstić information content (AvgIpc) is 2.37. The molecule has 1 amide bonds. The van der Waals surface area contributed by atoms with Crippen LogP contribution < -0.4 is 10.7 Å². The molecule has 20 heavy (non-hydrogen) atoms. The van der Waals surface area contributed by atoms with Crippen LogP contribution in [0.3, 0.4) is 0 Å². The maximum absolute atomic E-state index is 13.3. The van der Waals surface area contributed by atoms with E-state index in [9.17, 15) is 18.4 Å². The van der Waals surface area contributed by atoms with E-state index in [0.29, 0.717) is 0 Å². The summed E-state index contributed by atoms with van der Waals surface area (Å²) in [7, 11) is 0. The van der Waals surface area contributed by atoms with Crippen molar-refractivity contribution < 1.29 is 13.6 Å². The lowest BCUT2D eigenvalue weighted by molar-refractivity contribution is -0.116. The molecule has 0 saturated carbocycles. The third-order valence-electron chi connectivity index (χ3n) is 2.47. The van der Waals surface area contributed by atoms with Crippen molar-refractivity contribution in [3.63, 3.8) is 0 Å². The van der Waals surface area contributed by atoms with Gasteiger partial charge in [0.25, 0.3) is 0 Å². The molecule has 0 aliphatic rings. The summed E-state index contributed by atoms with van der Waals surface area (Å²) < 4.78 is 27.6. The summed E-state index contributed by atoms with van der Waals surface area (Å²) in [5.74, 6) is -2.01. The fraction of sp³-hybridized carbons (Fsp3) is 0.0769. The Labute approximate surface area is 117 Å². The van der Waals surface area contributed by atoms with Crippen molar-refractivity contribution in [2.45, 2.75) is 6.54 Å². The van der Waals surface area contributed by atoms with Crippen molar-refractivity contribution in [3.8, 4) is 0 Å². The van der Waals surface area contributed by atoms with Crippen molar-refractivity contribution in [1.29, 1.82) is 0 Å². The Balaban J connectivity index is 2.13.